The second kappa shape index (κ2) is 8.52. The fourth-order valence-electron chi connectivity index (χ4n) is 3.14. The molecule has 0 spiro atoms. The number of Topliss-reactive ketones (excluding diaryl/α,β-unsaturated/α-hetero) is 1. The van der Waals surface area contributed by atoms with E-state index in [1.165, 1.54) is 11.8 Å². The normalized spacial score (nSPS) is 14.9. The highest BCUT2D eigenvalue weighted by atomic mass is 16.5. The average Bonchev–Trinajstić information content (AvgIpc) is 2.72. The number of hydrogen-bond acceptors (Lipinski definition) is 5. The van der Waals surface area contributed by atoms with Gasteiger partial charge in [0.1, 0.15) is 5.75 Å². The van der Waals surface area contributed by atoms with Crippen LogP contribution in [0.1, 0.15) is 40.9 Å². The zero-order valence-electron chi connectivity index (χ0n) is 15.8. The highest BCUT2D eigenvalue weighted by Crippen LogP contribution is 2.33. The summed E-state index contributed by atoms with van der Waals surface area (Å²) in [4.78, 5) is 38.1. The van der Waals surface area contributed by atoms with Crippen molar-refractivity contribution < 1.29 is 23.9 Å². The minimum absolute atomic E-state index is 0.0309. The Morgan fingerprint density at radius 1 is 1.04 bits per heavy atom. The van der Waals surface area contributed by atoms with Gasteiger partial charge in [0.2, 0.25) is 5.91 Å². The molecule has 0 bridgehead atoms. The topological polar surface area (TPSA) is 72.9 Å². The van der Waals surface area contributed by atoms with Crippen molar-refractivity contribution in [2.24, 2.45) is 0 Å². The van der Waals surface area contributed by atoms with Crippen LogP contribution in [0.2, 0.25) is 0 Å². The van der Waals surface area contributed by atoms with Gasteiger partial charge >= 0.3 is 5.97 Å². The van der Waals surface area contributed by atoms with Crippen molar-refractivity contribution in [3.8, 4) is 5.75 Å². The summed E-state index contributed by atoms with van der Waals surface area (Å²) in [5, 5.41) is 0. The van der Waals surface area contributed by atoms with Crippen LogP contribution in [0.25, 0.3) is 6.08 Å². The fraction of sp³-hybridized carbons (Fsp3) is 0.227. The van der Waals surface area contributed by atoms with Crippen molar-refractivity contribution in [1.29, 1.82) is 0 Å². The van der Waals surface area contributed by atoms with Gasteiger partial charge in [-0.15, -0.1) is 0 Å². The second-order valence-corrected chi connectivity index (χ2v) is 6.40. The molecule has 2 aromatic carbocycles. The Kier molecular flexibility index (Phi) is 5.89. The summed E-state index contributed by atoms with van der Waals surface area (Å²) in [5.41, 5.74) is 2.26. The monoisotopic (exact) mass is 379 g/mol. The molecule has 1 aliphatic heterocycles. The Morgan fingerprint density at radius 3 is 2.43 bits per heavy atom. The van der Waals surface area contributed by atoms with E-state index in [1.807, 2.05) is 30.3 Å². The van der Waals surface area contributed by atoms with Crippen molar-refractivity contribution in [1.82, 2.24) is 4.90 Å². The molecule has 0 unspecified atom stereocenters. The number of carbonyl (C=O) groups is 3. The molecule has 1 heterocycles. The number of esters is 1. The van der Waals surface area contributed by atoms with E-state index >= 15 is 0 Å². The molecule has 1 aliphatic rings. The first kappa shape index (κ1) is 19.4. The fourth-order valence-corrected chi connectivity index (χ4v) is 3.14. The predicted molar refractivity (Wildman–Crippen MR) is 104 cm³/mol. The van der Waals surface area contributed by atoms with Gasteiger partial charge in [-0.1, -0.05) is 24.3 Å². The number of fused-ring (bicyclic) bond motifs is 1. The maximum atomic E-state index is 12.4. The molecule has 0 saturated heterocycles. The SMILES string of the molecule is COc1ccc(C(=O)COC(=O)C[C@H]2c3ccccc3C=CN2C(C)=O)cc1. The predicted octanol–water partition coefficient (Wildman–Crippen LogP) is 3.39. The highest BCUT2D eigenvalue weighted by Gasteiger charge is 2.29. The summed E-state index contributed by atoms with van der Waals surface area (Å²) in [6.07, 6.45) is 3.48. The third-order valence-electron chi connectivity index (χ3n) is 4.61. The van der Waals surface area contributed by atoms with Gasteiger partial charge in [-0.3, -0.25) is 14.4 Å². The van der Waals surface area contributed by atoms with Gasteiger partial charge in [0.25, 0.3) is 0 Å². The zero-order valence-corrected chi connectivity index (χ0v) is 15.8. The van der Waals surface area contributed by atoms with Gasteiger partial charge in [-0.2, -0.15) is 0 Å². The van der Waals surface area contributed by atoms with Crippen molar-refractivity contribution in [3.63, 3.8) is 0 Å². The summed E-state index contributed by atoms with van der Waals surface area (Å²) < 4.78 is 10.2. The number of rotatable bonds is 6. The zero-order chi connectivity index (χ0) is 20.1. The van der Waals surface area contributed by atoms with Gasteiger partial charge in [0.15, 0.2) is 12.4 Å². The summed E-state index contributed by atoms with van der Waals surface area (Å²) in [6.45, 7) is 1.10. The number of hydrogen-bond donors (Lipinski definition) is 0. The lowest BCUT2D eigenvalue weighted by atomic mass is 9.94. The Balaban J connectivity index is 1.65. The van der Waals surface area contributed by atoms with Crippen LogP contribution in [0, 0.1) is 0 Å². The lowest BCUT2D eigenvalue weighted by Crippen LogP contribution is -2.32. The molecule has 0 N–H and O–H groups in total. The minimum Gasteiger partial charge on any atom is -0.497 e. The first-order valence-electron chi connectivity index (χ1n) is 8.88. The smallest absolute Gasteiger partial charge is 0.308 e. The van der Waals surface area contributed by atoms with E-state index in [9.17, 15) is 14.4 Å². The molecule has 6 heteroatoms. The van der Waals surface area contributed by atoms with Crippen LogP contribution in [-0.2, 0) is 14.3 Å². The maximum absolute atomic E-state index is 12.4. The van der Waals surface area contributed by atoms with E-state index in [0.29, 0.717) is 11.3 Å². The van der Waals surface area contributed by atoms with Crippen LogP contribution >= 0.6 is 0 Å². The van der Waals surface area contributed by atoms with E-state index in [-0.39, 0.29) is 24.7 Å². The van der Waals surface area contributed by atoms with E-state index in [1.54, 1.807) is 37.6 Å². The Morgan fingerprint density at radius 2 is 1.75 bits per heavy atom. The molecule has 0 saturated carbocycles. The summed E-state index contributed by atoms with van der Waals surface area (Å²) in [5.74, 6) is -0.369. The minimum atomic E-state index is -0.539. The molecule has 28 heavy (non-hydrogen) atoms. The van der Waals surface area contributed by atoms with Crippen molar-refractivity contribution in [3.05, 3.63) is 71.4 Å². The van der Waals surface area contributed by atoms with Gasteiger partial charge in [-0.25, -0.2) is 0 Å². The molecule has 2 aromatic rings. The summed E-state index contributed by atoms with van der Waals surface area (Å²) >= 11 is 0. The van der Waals surface area contributed by atoms with Crippen LogP contribution in [0.4, 0.5) is 0 Å². The third-order valence-corrected chi connectivity index (χ3v) is 4.61. The van der Waals surface area contributed by atoms with E-state index in [4.69, 9.17) is 9.47 Å². The Labute approximate surface area is 163 Å². The van der Waals surface area contributed by atoms with Gasteiger partial charge < -0.3 is 14.4 Å². The molecular weight excluding hydrogens is 358 g/mol. The number of nitrogens with zero attached hydrogens (tertiary/aromatic N) is 1. The molecule has 0 fully saturated rings. The van der Waals surface area contributed by atoms with Crippen molar-refractivity contribution in [2.45, 2.75) is 19.4 Å². The molecule has 0 aliphatic carbocycles. The molecule has 6 nitrogen and oxygen atoms in total. The van der Waals surface area contributed by atoms with Crippen molar-refractivity contribution in [2.75, 3.05) is 13.7 Å². The maximum Gasteiger partial charge on any atom is 0.308 e. The van der Waals surface area contributed by atoms with Crippen LogP contribution in [-0.4, -0.2) is 36.3 Å². The lowest BCUT2D eigenvalue weighted by Gasteiger charge is -2.32. The molecule has 0 aromatic heterocycles. The quantitative estimate of drug-likeness (QED) is 0.568. The van der Waals surface area contributed by atoms with E-state index in [0.717, 1.165) is 11.1 Å². The van der Waals surface area contributed by atoms with E-state index < -0.39 is 12.0 Å². The van der Waals surface area contributed by atoms with Crippen LogP contribution < -0.4 is 4.74 Å². The van der Waals surface area contributed by atoms with E-state index in [2.05, 4.69) is 0 Å². The molecule has 1 atom stereocenters. The number of methoxy groups -OCH3 is 1. The Hall–Kier alpha value is -3.41. The number of ether oxygens (including phenoxy) is 2. The third kappa shape index (κ3) is 4.28. The number of ketones is 1. The molecule has 3 rings (SSSR count). The van der Waals surface area contributed by atoms with Crippen LogP contribution in [0.5, 0.6) is 5.75 Å². The molecular formula is C22H21NO5. The van der Waals surface area contributed by atoms with Gasteiger partial charge in [0.05, 0.1) is 19.6 Å². The molecule has 144 valence electrons. The largest absolute Gasteiger partial charge is 0.497 e. The van der Waals surface area contributed by atoms with Crippen molar-refractivity contribution >= 4 is 23.7 Å². The summed E-state index contributed by atoms with van der Waals surface area (Å²) in [6, 6.07) is 13.7. The number of carbonyl (C=O) groups excluding carboxylic acids is 3. The lowest BCUT2D eigenvalue weighted by molar-refractivity contribution is -0.144. The van der Waals surface area contributed by atoms with Crippen LogP contribution in [0.3, 0.4) is 0 Å². The molecule has 1 amide bonds. The molecule has 0 radical (unpaired) electrons. The summed E-state index contributed by atoms with van der Waals surface area (Å²) in [7, 11) is 1.54. The second-order valence-electron chi connectivity index (χ2n) is 6.40. The highest BCUT2D eigenvalue weighted by molar-refractivity contribution is 5.98. The number of benzene rings is 2. The standard InChI is InChI=1S/C22H21NO5/c1-15(24)23-12-11-16-5-3-4-6-19(16)20(23)13-22(26)28-14-21(25)17-7-9-18(27-2)10-8-17/h3-12,20H,13-14H2,1-2H3/t20-/m0/s1. The number of amides is 1. The first-order valence-corrected chi connectivity index (χ1v) is 8.88. The van der Waals surface area contributed by atoms with Gasteiger partial charge in [-0.05, 0) is 41.5 Å². The average molecular weight is 379 g/mol. The first-order chi connectivity index (χ1) is 13.5. The van der Waals surface area contributed by atoms with Crippen LogP contribution in [0.15, 0.2) is 54.7 Å². The van der Waals surface area contributed by atoms with Gasteiger partial charge in [0, 0.05) is 18.7 Å². The Bertz CT molecular complexity index is 917.